The van der Waals surface area contributed by atoms with Crippen LogP contribution in [0.5, 0.6) is 0 Å². The van der Waals surface area contributed by atoms with E-state index in [9.17, 15) is 0 Å². The quantitative estimate of drug-likeness (QED) is 0.152. The van der Waals surface area contributed by atoms with E-state index in [1.807, 2.05) is 0 Å². The highest BCUT2D eigenvalue weighted by molar-refractivity contribution is 6.23. The molecule has 0 fully saturated rings. The molecule has 3 nitrogen and oxygen atoms in total. The SMILES string of the molecule is C1=Cc2c(c(-c3ccc4oc5cc(-c6c7ccccc7c(-c7ccc8c9c(n(-c%10ccccc%10)c8c7)C=CCC9)c7ccccc67)ccc5c4c3)c3ccccc3c2-c2ccc3c4ccccc4n(-c4ccccc4)c3c2)CC1. The number of para-hydroxylation sites is 3. The maximum atomic E-state index is 6.90. The first-order valence-corrected chi connectivity index (χ1v) is 27.9. The lowest BCUT2D eigenvalue weighted by Gasteiger charge is -2.24. The first-order valence-electron chi connectivity index (χ1n) is 27.9. The zero-order chi connectivity index (χ0) is 51.7. The van der Waals surface area contributed by atoms with E-state index in [0.717, 1.165) is 53.2 Å². The normalized spacial score (nSPS) is 13.3. The third-order valence-corrected chi connectivity index (χ3v) is 17.4. The van der Waals surface area contributed by atoms with E-state index < -0.39 is 0 Å². The first kappa shape index (κ1) is 44.2. The number of hydrogen-bond donors (Lipinski definition) is 0. The molecular weight excluding hydrogens is 957 g/mol. The van der Waals surface area contributed by atoms with Crippen molar-refractivity contribution in [2.75, 3.05) is 0 Å². The van der Waals surface area contributed by atoms with Gasteiger partial charge in [-0.25, -0.2) is 0 Å². The highest BCUT2D eigenvalue weighted by Gasteiger charge is 2.26. The van der Waals surface area contributed by atoms with Gasteiger partial charge in [0.05, 0.1) is 16.6 Å². The Morgan fingerprint density at radius 1 is 0.291 bits per heavy atom. The Kier molecular flexibility index (Phi) is 9.67. The minimum atomic E-state index is 0.889. The molecule has 2 aliphatic carbocycles. The predicted octanol–water partition coefficient (Wildman–Crippen LogP) is 20.7. The first-order chi connectivity index (χ1) is 39.2. The molecule has 0 radical (unpaired) electrons. The molecule has 0 atom stereocenters. The third-order valence-electron chi connectivity index (χ3n) is 17.4. The number of allylic oxidation sites excluding steroid dienone is 2. The minimum absolute atomic E-state index is 0.889. The second-order valence-corrected chi connectivity index (χ2v) is 21.6. The highest BCUT2D eigenvalue weighted by Crippen LogP contribution is 2.49. The number of furan rings is 1. The molecule has 3 aromatic heterocycles. The molecule has 370 valence electrons. The average Bonchev–Trinajstić information content (AvgIpc) is 4.21. The molecule has 17 rings (SSSR count). The van der Waals surface area contributed by atoms with Crippen LogP contribution in [-0.4, -0.2) is 9.13 Å². The van der Waals surface area contributed by atoms with Gasteiger partial charge in [0.15, 0.2) is 0 Å². The van der Waals surface area contributed by atoms with Gasteiger partial charge in [0.2, 0.25) is 0 Å². The van der Waals surface area contributed by atoms with Crippen molar-refractivity contribution in [2.45, 2.75) is 25.7 Å². The topological polar surface area (TPSA) is 23.0 Å². The summed E-state index contributed by atoms with van der Waals surface area (Å²) in [5.74, 6) is 0. The summed E-state index contributed by atoms with van der Waals surface area (Å²) in [6.07, 6.45) is 13.5. The fourth-order valence-electron chi connectivity index (χ4n) is 14.1. The second-order valence-electron chi connectivity index (χ2n) is 21.6. The summed E-state index contributed by atoms with van der Waals surface area (Å²) in [6.45, 7) is 0. The van der Waals surface area contributed by atoms with Crippen molar-refractivity contribution < 1.29 is 4.42 Å². The van der Waals surface area contributed by atoms with Gasteiger partial charge in [-0.2, -0.15) is 0 Å². The van der Waals surface area contributed by atoms with Crippen LogP contribution in [0.25, 0.3) is 155 Å². The highest BCUT2D eigenvalue weighted by atomic mass is 16.3. The van der Waals surface area contributed by atoms with Crippen LogP contribution in [0.4, 0.5) is 0 Å². The molecule has 79 heavy (non-hydrogen) atoms. The van der Waals surface area contributed by atoms with Crippen LogP contribution < -0.4 is 0 Å². The Morgan fingerprint density at radius 2 is 0.759 bits per heavy atom. The van der Waals surface area contributed by atoms with Gasteiger partial charge < -0.3 is 13.6 Å². The lowest BCUT2D eigenvalue weighted by molar-refractivity contribution is 0.669. The fourth-order valence-corrected chi connectivity index (χ4v) is 14.1. The van der Waals surface area contributed by atoms with Crippen molar-refractivity contribution in [3.8, 4) is 55.9 Å². The van der Waals surface area contributed by atoms with E-state index >= 15 is 0 Å². The van der Waals surface area contributed by atoms with Crippen LogP contribution in [0.3, 0.4) is 0 Å². The van der Waals surface area contributed by atoms with Gasteiger partial charge in [0, 0.05) is 44.0 Å². The van der Waals surface area contributed by atoms with Crippen LogP contribution >= 0.6 is 0 Å². The van der Waals surface area contributed by atoms with E-state index in [-0.39, 0.29) is 0 Å². The molecular formula is C76H50N2O. The van der Waals surface area contributed by atoms with E-state index in [0.29, 0.717) is 0 Å². The molecule has 0 saturated heterocycles. The van der Waals surface area contributed by atoms with Crippen molar-refractivity contribution in [3.05, 3.63) is 265 Å². The average molecular weight is 1010 g/mol. The molecule has 3 heteroatoms. The molecule has 0 N–H and O–H groups in total. The van der Waals surface area contributed by atoms with E-state index in [1.165, 1.54) is 138 Å². The summed E-state index contributed by atoms with van der Waals surface area (Å²) in [5.41, 5.74) is 23.1. The summed E-state index contributed by atoms with van der Waals surface area (Å²) in [7, 11) is 0. The number of rotatable bonds is 6. The van der Waals surface area contributed by atoms with E-state index in [2.05, 4.69) is 264 Å². The molecule has 0 spiro atoms. The van der Waals surface area contributed by atoms with Gasteiger partial charge >= 0.3 is 0 Å². The number of nitrogens with zero attached hydrogens (tertiary/aromatic N) is 2. The molecule has 15 aromatic rings. The maximum Gasteiger partial charge on any atom is 0.136 e. The summed E-state index contributed by atoms with van der Waals surface area (Å²) in [4.78, 5) is 0. The Bertz CT molecular complexity index is 5060. The van der Waals surface area contributed by atoms with Crippen LogP contribution in [-0.2, 0) is 12.8 Å². The fraction of sp³-hybridized carbons (Fsp3) is 0.0526. The molecule has 2 aliphatic rings. The van der Waals surface area contributed by atoms with Crippen LogP contribution in [0.15, 0.2) is 247 Å². The summed E-state index contributed by atoms with van der Waals surface area (Å²) >= 11 is 0. The molecule has 12 aromatic carbocycles. The van der Waals surface area contributed by atoms with Gasteiger partial charge in [0.25, 0.3) is 0 Å². The molecule has 0 aliphatic heterocycles. The van der Waals surface area contributed by atoms with Crippen LogP contribution in [0.1, 0.15) is 35.2 Å². The summed E-state index contributed by atoms with van der Waals surface area (Å²) in [5, 5.41) is 13.6. The van der Waals surface area contributed by atoms with Crippen molar-refractivity contribution >= 4 is 99.1 Å². The molecule has 3 heterocycles. The summed E-state index contributed by atoms with van der Waals surface area (Å²) < 4.78 is 11.8. The van der Waals surface area contributed by atoms with Crippen molar-refractivity contribution in [1.82, 2.24) is 9.13 Å². The second kappa shape index (κ2) is 17.3. The van der Waals surface area contributed by atoms with Crippen LogP contribution in [0.2, 0.25) is 0 Å². The monoisotopic (exact) mass is 1010 g/mol. The Balaban J connectivity index is 0.811. The standard InChI is InChI=1S/C76H50N2O/c1-3-19-51(20-4-1)77-67-33-17-15-23-53(67)55-39-35-48(44-69(55)77)74-60-27-9-7-25-58(60)73(59-26-8-10-28-61(59)74)47-38-42-71-66(43-47)57-41-37-50(46-72(57)79-71)76-64-31-13-11-29-62(64)75(63-30-12-14-32-65(63)76)49-36-40-56-54-24-16-18-34-68(54)78(70(56)45-49)52-21-5-2-6-22-52/h1-7,9-15,17-23,25,27-46H,8,16,24,26H2. The third kappa shape index (κ3) is 6.60. The lowest BCUT2D eigenvalue weighted by atomic mass is 9.80. The van der Waals surface area contributed by atoms with Crippen molar-refractivity contribution in [2.24, 2.45) is 0 Å². The summed E-state index contributed by atoms with van der Waals surface area (Å²) in [6, 6.07) is 85.5. The van der Waals surface area contributed by atoms with Crippen molar-refractivity contribution in [3.63, 3.8) is 0 Å². The number of aryl methyl sites for hydroxylation is 1. The number of fused-ring (bicyclic) bond motifs is 13. The molecule has 0 unspecified atom stereocenters. The smallest absolute Gasteiger partial charge is 0.136 e. The Labute approximate surface area is 456 Å². The molecule has 0 saturated carbocycles. The minimum Gasteiger partial charge on any atom is -0.456 e. The van der Waals surface area contributed by atoms with E-state index in [4.69, 9.17) is 4.42 Å². The Morgan fingerprint density at radius 3 is 1.43 bits per heavy atom. The number of hydrogen-bond acceptors (Lipinski definition) is 1. The lowest BCUT2D eigenvalue weighted by Crippen LogP contribution is -2.02. The van der Waals surface area contributed by atoms with Crippen molar-refractivity contribution in [1.29, 1.82) is 0 Å². The molecule has 0 bridgehead atoms. The zero-order valence-corrected chi connectivity index (χ0v) is 43.4. The largest absolute Gasteiger partial charge is 0.456 e. The number of aromatic nitrogens is 2. The maximum absolute atomic E-state index is 6.90. The van der Waals surface area contributed by atoms with Crippen LogP contribution in [0, 0.1) is 0 Å². The van der Waals surface area contributed by atoms with Gasteiger partial charge in [-0.05, 0) is 192 Å². The predicted molar refractivity (Wildman–Crippen MR) is 334 cm³/mol. The van der Waals surface area contributed by atoms with Gasteiger partial charge in [-0.15, -0.1) is 0 Å². The van der Waals surface area contributed by atoms with Gasteiger partial charge in [0.1, 0.15) is 11.2 Å². The zero-order valence-electron chi connectivity index (χ0n) is 43.4. The van der Waals surface area contributed by atoms with Gasteiger partial charge in [-0.3, -0.25) is 0 Å². The molecule has 0 amide bonds. The van der Waals surface area contributed by atoms with Gasteiger partial charge in [-0.1, -0.05) is 182 Å². The van der Waals surface area contributed by atoms with E-state index in [1.54, 1.807) is 0 Å². The number of benzene rings is 12. The Hall–Kier alpha value is -9.96.